The number of hydrogen-bond acceptors (Lipinski definition) is 8. The zero-order valence-corrected chi connectivity index (χ0v) is 26.4. The average molecular weight is 675 g/mol. The molecule has 1 atom stereocenters. The van der Waals surface area contributed by atoms with Gasteiger partial charge in [0, 0.05) is 32.4 Å². The fraction of sp³-hybridized carbons (Fsp3) is 0.379. The van der Waals surface area contributed by atoms with Crippen molar-refractivity contribution in [3.05, 3.63) is 75.5 Å². The third kappa shape index (κ3) is 9.47. The molecule has 2 aromatic carbocycles. The summed E-state index contributed by atoms with van der Waals surface area (Å²) in [6, 6.07) is 9.11. The molecule has 1 heterocycles. The number of nitrogens with one attached hydrogen (secondary N) is 1. The van der Waals surface area contributed by atoms with Crippen molar-refractivity contribution < 1.29 is 40.9 Å². The molecular weight excluding hydrogens is 643 g/mol. The van der Waals surface area contributed by atoms with Gasteiger partial charge in [0.05, 0.1) is 35.7 Å². The number of nitrogens with zero attached hydrogens (tertiary/aromatic N) is 2. The fourth-order valence-electron chi connectivity index (χ4n) is 4.25. The summed E-state index contributed by atoms with van der Waals surface area (Å²) in [5, 5.41) is 0.498. The zero-order valence-electron chi connectivity index (χ0n) is 24.1. The molecule has 238 valence electrons. The van der Waals surface area contributed by atoms with E-state index in [4.69, 9.17) is 37.4 Å². The van der Waals surface area contributed by atoms with Crippen molar-refractivity contribution in [2.45, 2.75) is 38.5 Å². The quantitative estimate of drug-likeness (QED) is 0.201. The molecule has 1 aromatic heterocycles. The minimum atomic E-state index is -3.60. The number of methoxy groups -OCH3 is 1. The first-order valence-corrected chi connectivity index (χ1v) is 16.0. The Kier molecular flexibility index (Phi) is 11.0. The van der Waals surface area contributed by atoms with E-state index in [1.807, 2.05) is 0 Å². The van der Waals surface area contributed by atoms with Gasteiger partial charge >= 0.3 is 12.7 Å². The van der Waals surface area contributed by atoms with Crippen molar-refractivity contribution in [2.75, 3.05) is 31.7 Å². The van der Waals surface area contributed by atoms with Crippen LogP contribution in [0.25, 0.3) is 0 Å². The SMILES string of the molecule is COc1ccc(CN(C)C(=O)O[C@@H](Cc2c(Cl)cncc2Cl)c2ccc(OC(F)F)c(OCC3CC3)c2)cc1NS(C)(=O)=O. The van der Waals surface area contributed by atoms with Gasteiger partial charge in [-0.25, -0.2) is 13.2 Å². The summed E-state index contributed by atoms with van der Waals surface area (Å²) < 4.78 is 73.9. The van der Waals surface area contributed by atoms with Crippen LogP contribution in [0.15, 0.2) is 48.8 Å². The molecular formula is C29H31Cl2F2N3O7S. The zero-order chi connectivity index (χ0) is 32.0. The van der Waals surface area contributed by atoms with Crippen LogP contribution in [0.1, 0.15) is 35.6 Å². The molecule has 1 N–H and O–H groups in total. The molecule has 44 heavy (non-hydrogen) atoms. The van der Waals surface area contributed by atoms with Crippen LogP contribution in [-0.4, -0.2) is 58.0 Å². The molecule has 4 rings (SSSR count). The van der Waals surface area contributed by atoms with Gasteiger partial charge in [-0.3, -0.25) is 9.71 Å². The van der Waals surface area contributed by atoms with E-state index in [2.05, 4.69) is 14.4 Å². The molecule has 0 unspecified atom stereocenters. The second kappa shape index (κ2) is 14.5. The van der Waals surface area contributed by atoms with Gasteiger partial charge in [-0.05, 0) is 59.7 Å². The number of anilines is 1. The van der Waals surface area contributed by atoms with E-state index in [1.165, 1.54) is 49.7 Å². The molecule has 1 aliphatic rings. The number of hydrogen-bond donors (Lipinski definition) is 1. The van der Waals surface area contributed by atoms with E-state index in [9.17, 15) is 22.0 Å². The van der Waals surface area contributed by atoms with E-state index >= 15 is 0 Å². The van der Waals surface area contributed by atoms with Crippen molar-refractivity contribution in [1.29, 1.82) is 0 Å². The summed E-state index contributed by atoms with van der Waals surface area (Å²) in [6.07, 6.45) is 4.10. The molecule has 15 heteroatoms. The number of carbonyl (C=O) groups is 1. The number of carbonyl (C=O) groups excluding carboxylic acids is 1. The maximum Gasteiger partial charge on any atom is 0.410 e. The lowest BCUT2D eigenvalue weighted by Crippen LogP contribution is -2.29. The van der Waals surface area contributed by atoms with Gasteiger partial charge < -0.3 is 23.8 Å². The van der Waals surface area contributed by atoms with E-state index in [-0.39, 0.29) is 40.2 Å². The van der Waals surface area contributed by atoms with Crippen LogP contribution in [0.3, 0.4) is 0 Å². The predicted molar refractivity (Wildman–Crippen MR) is 161 cm³/mol. The number of halogens is 4. The van der Waals surface area contributed by atoms with Crippen LogP contribution in [-0.2, 0) is 27.7 Å². The third-order valence-electron chi connectivity index (χ3n) is 6.60. The van der Waals surface area contributed by atoms with Crippen LogP contribution < -0.4 is 18.9 Å². The lowest BCUT2D eigenvalue weighted by molar-refractivity contribution is -0.0515. The van der Waals surface area contributed by atoms with Gasteiger partial charge in [0.2, 0.25) is 10.0 Å². The molecule has 1 saturated carbocycles. The highest BCUT2D eigenvalue weighted by Crippen LogP contribution is 2.38. The lowest BCUT2D eigenvalue weighted by Gasteiger charge is -2.25. The predicted octanol–water partition coefficient (Wildman–Crippen LogP) is 6.71. The minimum absolute atomic E-state index is 0.0296. The van der Waals surface area contributed by atoms with E-state index in [1.54, 1.807) is 18.2 Å². The molecule has 1 fully saturated rings. The monoisotopic (exact) mass is 673 g/mol. The number of amides is 1. The van der Waals surface area contributed by atoms with Crippen LogP contribution in [0.2, 0.25) is 10.0 Å². The highest BCUT2D eigenvalue weighted by Gasteiger charge is 2.27. The highest BCUT2D eigenvalue weighted by atomic mass is 35.5. The Labute approximate surface area is 264 Å². The number of rotatable bonds is 14. The minimum Gasteiger partial charge on any atom is -0.495 e. The maximum absolute atomic E-state index is 13.4. The normalized spacial score (nSPS) is 13.7. The third-order valence-corrected chi connectivity index (χ3v) is 7.84. The van der Waals surface area contributed by atoms with E-state index in [0.29, 0.717) is 35.0 Å². The topological polar surface area (TPSA) is 116 Å². The Balaban J connectivity index is 1.61. The Morgan fingerprint density at radius 2 is 1.77 bits per heavy atom. The summed E-state index contributed by atoms with van der Waals surface area (Å²) in [6.45, 7) is -2.69. The second-order valence-corrected chi connectivity index (χ2v) is 12.8. The second-order valence-electron chi connectivity index (χ2n) is 10.3. The summed E-state index contributed by atoms with van der Waals surface area (Å²) in [5.74, 6) is 0.570. The number of alkyl halides is 2. The molecule has 0 bridgehead atoms. The first-order chi connectivity index (χ1) is 20.8. The Bertz CT molecular complexity index is 1570. The van der Waals surface area contributed by atoms with Crippen molar-refractivity contribution in [1.82, 2.24) is 9.88 Å². The van der Waals surface area contributed by atoms with Crippen LogP contribution in [0.4, 0.5) is 19.3 Å². The number of sulfonamides is 1. The van der Waals surface area contributed by atoms with E-state index in [0.717, 1.165) is 19.1 Å². The Hall–Kier alpha value is -3.55. The first kappa shape index (κ1) is 33.3. The molecule has 1 amide bonds. The number of benzene rings is 2. The van der Waals surface area contributed by atoms with Crippen LogP contribution >= 0.6 is 23.2 Å². The maximum atomic E-state index is 13.4. The van der Waals surface area contributed by atoms with Crippen molar-refractivity contribution in [3.63, 3.8) is 0 Å². The fourth-order valence-corrected chi connectivity index (χ4v) is 5.33. The molecule has 10 nitrogen and oxygen atoms in total. The summed E-state index contributed by atoms with van der Waals surface area (Å²) in [4.78, 5) is 18.6. The Morgan fingerprint density at radius 3 is 2.39 bits per heavy atom. The molecule has 0 radical (unpaired) electrons. The number of aromatic nitrogens is 1. The van der Waals surface area contributed by atoms with Gasteiger partial charge in [-0.15, -0.1) is 0 Å². The molecule has 0 spiro atoms. The van der Waals surface area contributed by atoms with Gasteiger partial charge in [-0.2, -0.15) is 8.78 Å². The summed E-state index contributed by atoms with van der Waals surface area (Å²) in [7, 11) is -0.688. The van der Waals surface area contributed by atoms with Crippen LogP contribution in [0.5, 0.6) is 17.2 Å². The molecule has 0 saturated heterocycles. The van der Waals surface area contributed by atoms with Gasteiger partial charge in [-0.1, -0.05) is 35.3 Å². The largest absolute Gasteiger partial charge is 0.495 e. The summed E-state index contributed by atoms with van der Waals surface area (Å²) in [5.41, 5.74) is 1.67. The molecule has 0 aliphatic heterocycles. The van der Waals surface area contributed by atoms with Crippen LogP contribution in [0, 0.1) is 5.92 Å². The smallest absolute Gasteiger partial charge is 0.410 e. The lowest BCUT2D eigenvalue weighted by atomic mass is 10.0. The van der Waals surface area contributed by atoms with Crippen molar-refractivity contribution in [3.8, 4) is 17.2 Å². The number of pyridine rings is 1. The van der Waals surface area contributed by atoms with Crippen molar-refractivity contribution in [2.24, 2.45) is 5.92 Å². The van der Waals surface area contributed by atoms with Gasteiger partial charge in [0.1, 0.15) is 11.9 Å². The molecule has 3 aromatic rings. The van der Waals surface area contributed by atoms with Gasteiger partial charge in [0.25, 0.3) is 0 Å². The van der Waals surface area contributed by atoms with E-state index < -0.39 is 28.8 Å². The Morgan fingerprint density at radius 1 is 1.09 bits per heavy atom. The van der Waals surface area contributed by atoms with Crippen molar-refractivity contribution >= 4 is 45.0 Å². The highest BCUT2D eigenvalue weighted by molar-refractivity contribution is 7.92. The number of ether oxygens (including phenoxy) is 4. The molecule has 1 aliphatic carbocycles. The first-order valence-electron chi connectivity index (χ1n) is 13.4. The average Bonchev–Trinajstić information content (AvgIpc) is 3.77. The summed E-state index contributed by atoms with van der Waals surface area (Å²) >= 11 is 12.7. The van der Waals surface area contributed by atoms with Gasteiger partial charge in [0.15, 0.2) is 11.5 Å². The standard InChI is InChI=1S/C29H31Cl2F2N3O7S/c1-36(15-18-6-8-24(40-2)23(10-18)35-44(3,38)39)29(37)43-26(12-20-21(30)13-34-14-22(20)31)19-7-9-25(42-28(32)33)27(11-19)41-16-17-4-5-17/h6-11,13-14,17,26,28,35H,4-5,12,15-16H2,1-3H3/t26-/m0/s1.